The highest BCUT2D eigenvalue weighted by atomic mass is 19.4. The van der Waals surface area contributed by atoms with Crippen molar-refractivity contribution in [2.75, 3.05) is 6.61 Å². The van der Waals surface area contributed by atoms with Gasteiger partial charge in [0, 0.05) is 0 Å². The lowest BCUT2D eigenvalue weighted by Gasteiger charge is -2.25. The van der Waals surface area contributed by atoms with Gasteiger partial charge in [0.05, 0.1) is 18.2 Å². The van der Waals surface area contributed by atoms with Gasteiger partial charge in [-0.15, -0.1) is 0 Å². The first-order valence-electron chi connectivity index (χ1n) is 6.37. The molecule has 23 heavy (non-hydrogen) atoms. The molecule has 0 saturated heterocycles. The molecule has 1 aromatic carbocycles. The summed E-state index contributed by atoms with van der Waals surface area (Å²) in [7, 11) is 0. The summed E-state index contributed by atoms with van der Waals surface area (Å²) in [5, 5.41) is 12.2. The minimum atomic E-state index is -5.14. The quantitative estimate of drug-likeness (QED) is 0.736. The van der Waals surface area contributed by atoms with Crippen LogP contribution in [0, 0.1) is 0 Å². The van der Waals surface area contributed by atoms with Crippen molar-refractivity contribution in [2.45, 2.75) is 31.4 Å². The molecule has 0 aromatic heterocycles. The maximum Gasteiger partial charge on any atom is 0.416 e. The third kappa shape index (κ3) is 5.31. The van der Waals surface area contributed by atoms with E-state index in [2.05, 4.69) is 0 Å². The predicted octanol–water partition coefficient (Wildman–Crippen LogP) is 2.99. The normalized spacial score (nSPS) is 15.0. The van der Waals surface area contributed by atoms with Crippen LogP contribution in [0.1, 0.15) is 24.1 Å². The number of urea groups is 1. The second-order valence-electron chi connectivity index (χ2n) is 4.76. The molecular formula is C13H14F6N2O2. The lowest BCUT2D eigenvalue weighted by molar-refractivity contribution is -0.160. The molecule has 10 heteroatoms. The van der Waals surface area contributed by atoms with Crippen LogP contribution in [-0.4, -0.2) is 30.0 Å². The first kappa shape index (κ1) is 19.1. The third-order valence-electron chi connectivity index (χ3n) is 2.83. The van der Waals surface area contributed by atoms with Gasteiger partial charge < -0.3 is 15.7 Å². The number of carbonyl (C=O) groups is 1. The molecule has 0 aliphatic rings. The Kier molecular flexibility index (Phi) is 5.86. The Hall–Kier alpha value is -1.97. The second-order valence-corrected chi connectivity index (χ2v) is 4.76. The number of hydrogen-bond acceptors (Lipinski definition) is 2. The van der Waals surface area contributed by atoms with Crippen LogP contribution in [0.4, 0.5) is 31.1 Å². The fraction of sp³-hybridized carbons (Fsp3) is 0.462. The maximum atomic E-state index is 13.1. The van der Waals surface area contributed by atoms with Crippen molar-refractivity contribution in [3.05, 3.63) is 35.4 Å². The number of nitrogens with one attached hydrogen (secondary N) is 2. The van der Waals surface area contributed by atoms with Crippen LogP contribution < -0.4 is 10.6 Å². The van der Waals surface area contributed by atoms with E-state index in [1.807, 2.05) is 5.32 Å². The van der Waals surface area contributed by atoms with Gasteiger partial charge in [-0.05, 0) is 18.6 Å². The van der Waals surface area contributed by atoms with Crippen molar-refractivity contribution < 1.29 is 36.2 Å². The van der Waals surface area contributed by atoms with E-state index < -0.39 is 48.2 Å². The molecule has 0 bridgehead atoms. The van der Waals surface area contributed by atoms with Gasteiger partial charge in [-0.3, -0.25) is 0 Å². The molecule has 0 heterocycles. The molecule has 0 aliphatic carbocycles. The number of aliphatic hydroxyl groups is 1. The minimum Gasteiger partial charge on any atom is -0.394 e. The van der Waals surface area contributed by atoms with Crippen LogP contribution in [0.25, 0.3) is 0 Å². The number of alkyl halides is 6. The monoisotopic (exact) mass is 344 g/mol. The average Bonchev–Trinajstić information content (AvgIpc) is 2.42. The van der Waals surface area contributed by atoms with Crippen molar-refractivity contribution in [1.82, 2.24) is 10.6 Å². The minimum absolute atomic E-state index is 0.504. The van der Waals surface area contributed by atoms with Crippen LogP contribution in [0.15, 0.2) is 24.3 Å². The summed E-state index contributed by atoms with van der Waals surface area (Å²) in [5.41, 5.74) is -2.60. The SMILES string of the molecule is C[C@H](CO)NC(=O)N[C@H](c1ccccc1C(F)(F)F)C(F)(F)F. The van der Waals surface area contributed by atoms with Crippen molar-refractivity contribution in [2.24, 2.45) is 0 Å². The molecule has 1 aromatic rings. The lowest BCUT2D eigenvalue weighted by atomic mass is 9.99. The van der Waals surface area contributed by atoms with Crippen molar-refractivity contribution >= 4 is 6.03 Å². The van der Waals surface area contributed by atoms with Gasteiger partial charge >= 0.3 is 18.4 Å². The van der Waals surface area contributed by atoms with Gasteiger partial charge in [0.15, 0.2) is 6.04 Å². The van der Waals surface area contributed by atoms with Gasteiger partial charge in [0.25, 0.3) is 0 Å². The molecule has 2 amide bonds. The Bertz CT molecular complexity index is 544. The number of rotatable bonds is 4. The maximum absolute atomic E-state index is 13.1. The number of carbonyl (C=O) groups excluding carboxylic acids is 1. The zero-order valence-electron chi connectivity index (χ0n) is 11.8. The van der Waals surface area contributed by atoms with E-state index in [1.165, 1.54) is 12.2 Å². The molecule has 4 nitrogen and oxygen atoms in total. The summed E-state index contributed by atoms with van der Waals surface area (Å²) in [5.74, 6) is 0. The van der Waals surface area contributed by atoms with E-state index in [0.29, 0.717) is 12.1 Å². The van der Waals surface area contributed by atoms with E-state index in [1.54, 1.807) is 0 Å². The van der Waals surface area contributed by atoms with Gasteiger partial charge in [0.1, 0.15) is 0 Å². The molecule has 2 atom stereocenters. The molecule has 0 unspecified atom stereocenters. The third-order valence-corrected chi connectivity index (χ3v) is 2.83. The average molecular weight is 344 g/mol. The van der Waals surface area contributed by atoms with Gasteiger partial charge in [-0.1, -0.05) is 18.2 Å². The number of amides is 2. The summed E-state index contributed by atoms with van der Waals surface area (Å²) in [6.07, 6.45) is -10.1. The van der Waals surface area contributed by atoms with Crippen molar-refractivity contribution in [1.29, 1.82) is 0 Å². The summed E-state index contributed by atoms with van der Waals surface area (Å²) in [6, 6.07) is -1.92. The summed E-state index contributed by atoms with van der Waals surface area (Å²) >= 11 is 0. The summed E-state index contributed by atoms with van der Waals surface area (Å²) in [4.78, 5) is 11.5. The van der Waals surface area contributed by atoms with Crippen molar-refractivity contribution in [3.8, 4) is 0 Å². The van der Waals surface area contributed by atoms with Crippen LogP contribution in [0.3, 0.4) is 0 Å². The van der Waals surface area contributed by atoms with E-state index in [4.69, 9.17) is 5.11 Å². The standard InChI is InChI=1S/C13H14F6N2O2/c1-7(6-22)20-11(23)21-10(13(17,18)19)8-4-2-3-5-9(8)12(14,15)16/h2-5,7,10,22H,6H2,1H3,(H2,20,21,23)/t7-,10-/m1/s1. The number of hydrogen-bond donors (Lipinski definition) is 3. The van der Waals surface area contributed by atoms with E-state index in [0.717, 1.165) is 12.1 Å². The van der Waals surface area contributed by atoms with Crippen LogP contribution in [0.5, 0.6) is 0 Å². The first-order chi connectivity index (χ1) is 10.5. The Balaban J connectivity index is 3.17. The Morgan fingerprint density at radius 3 is 2.17 bits per heavy atom. The summed E-state index contributed by atoms with van der Waals surface area (Å²) in [6.45, 7) is 0.773. The predicted molar refractivity (Wildman–Crippen MR) is 68.5 cm³/mol. The summed E-state index contributed by atoms with van der Waals surface area (Å²) < 4.78 is 77.9. The molecule has 0 saturated carbocycles. The second kappa shape index (κ2) is 7.07. The molecule has 0 aliphatic heterocycles. The number of aliphatic hydroxyl groups excluding tert-OH is 1. The molecule has 0 radical (unpaired) electrons. The molecule has 1 rings (SSSR count). The molecule has 130 valence electrons. The number of benzene rings is 1. The highest BCUT2D eigenvalue weighted by Gasteiger charge is 2.46. The largest absolute Gasteiger partial charge is 0.416 e. The highest BCUT2D eigenvalue weighted by molar-refractivity contribution is 5.75. The zero-order valence-corrected chi connectivity index (χ0v) is 11.8. The molecule has 0 spiro atoms. The number of halogens is 6. The zero-order chi connectivity index (χ0) is 17.8. The lowest BCUT2D eigenvalue weighted by Crippen LogP contribution is -2.47. The van der Waals surface area contributed by atoms with Crippen LogP contribution in [0.2, 0.25) is 0 Å². The Morgan fingerprint density at radius 1 is 1.13 bits per heavy atom. The molecule has 0 fully saturated rings. The van der Waals surface area contributed by atoms with Gasteiger partial charge in [-0.2, -0.15) is 26.3 Å². The molecule has 3 N–H and O–H groups in total. The first-order valence-corrected chi connectivity index (χ1v) is 6.37. The Labute approximate surface area is 127 Å². The van der Waals surface area contributed by atoms with E-state index in [9.17, 15) is 31.1 Å². The fourth-order valence-corrected chi connectivity index (χ4v) is 1.78. The smallest absolute Gasteiger partial charge is 0.394 e. The van der Waals surface area contributed by atoms with Crippen LogP contribution >= 0.6 is 0 Å². The topological polar surface area (TPSA) is 61.4 Å². The van der Waals surface area contributed by atoms with E-state index >= 15 is 0 Å². The van der Waals surface area contributed by atoms with Crippen LogP contribution in [-0.2, 0) is 6.18 Å². The highest BCUT2D eigenvalue weighted by Crippen LogP contribution is 2.40. The fourth-order valence-electron chi connectivity index (χ4n) is 1.78. The molecular weight excluding hydrogens is 330 g/mol. The van der Waals surface area contributed by atoms with Gasteiger partial charge in [0.2, 0.25) is 0 Å². The van der Waals surface area contributed by atoms with Gasteiger partial charge in [-0.25, -0.2) is 4.79 Å². The Morgan fingerprint density at radius 2 is 1.70 bits per heavy atom. The van der Waals surface area contributed by atoms with Crippen molar-refractivity contribution in [3.63, 3.8) is 0 Å². The van der Waals surface area contributed by atoms with E-state index in [-0.39, 0.29) is 0 Å².